The van der Waals surface area contributed by atoms with Crippen LogP contribution in [-0.2, 0) is 27.0 Å². The number of hydrogen-bond acceptors (Lipinski definition) is 5. The fraction of sp³-hybridized carbons (Fsp3) is 0.391. The van der Waals surface area contributed by atoms with Crippen molar-refractivity contribution in [2.24, 2.45) is 0 Å². The SMILES string of the molecule is COC(=O)c1ccc(CCn2cc3c(B4OC(C)(C)C(C)(C)O4)cccc3n2)cc1. The van der Waals surface area contributed by atoms with Gasteiger partial charge >= 0.3 is 13.1 Å². The quantitative estimate of drug-likeness (QED) is 0.480. The standard InChI is InChI=1S/C23H27BN2O4/c1-22(2)23(3,4)30-24(29-22)19-7-6-8-20-18(19)15-26(25-20)14-13-16-9-11-17(12-10-16)21(27)28-5/h6-12,15H,13-14H2,1-5H3. The van der Waals surface area contributed by atoms with Gasteiger partial charge in [0, 0.05) is 18.1 Å². The Morgan fingerprint density at radius 3 is 2.37 bits per heavy atom. The van der Waals surface area contributed by atoms with Crippen molar-refractivity contribution in [1.29, 1.82) is 0 Å². The van der Waals surface area contributed by atoms with Crippen LogP contribution < -0.4 is 5.46 Å². The van der Waals surface area contributed by atoms with Crippen LogP contribution in [0, 0.1) is 0 Å². The molecule has 1 aromatic heterocycles. The Morgan fingerprint density at radius 2 is 1.73 bits per heavy atom. The number of aromatic nitrogens is 2. The third kappa shape index (κ3) is 3.75. The molecular weight excluding hydrogens is 379 g/mol. The molecule has 0 saturated carbocycles. The van der Waals surface area contributed by atoms with E-state index in [4.69, 9.17) is 19.1 Å². The van der Waals surface area contributed by atoms with Gasteiger partial charge in [0.1, 0.15) is 0 Å². The molecule has 1 aliphatic heterocycles. The minimum atomic E-state index is -0.415. The minimum Gasteiger partial charge on any atom is -0.465 e. The Labute approximate surface area is 177 Å². The molecule has 0 aliphatic carbocycles. The molecule has 1 saturated heterocycles. The lowest BCUT2D eigenvalue weighted by molar-refractivity contribution is 0.00578. The Hall–Kier alpha value is -2.64. The maximum atomic E-state index is 11.6. The maximum absolute atomic E-state index is 11.6. The summed E-state index contributed by atoms with van der Waals surface area (Å²) in [7, 11) is 0.971. The zero-order chi connectivity index (χ0) is 21.5. The van der Waals surface area contributed by atoms with E-state index in [2.05, 4.69) is 33.9 Å². The van der Waals surface area contributed by atoms with Gasteiger partial charge in [-0.15, -0.1) is 0 Å². The zero-order valence-electron chi connectivity index (χ0n) is 18.1. The number of nitrogens with zero attached hydrogens (tertiary/aromatic N) is 2. The zero-order valence-corrected chi connectivity index (χ0v) is 18.1. The van der Waals surface area contributed by atoms with E-state index < -0.39 is 7.12 Å². The average Bonchev–Trinajstić information content (AvgIpc) is 3.23. The van der Waals surface area contributed by atoms with Crippen molar-refractivity contribution < 1.29 is 18.8 Å². The molecule has 0 unspecified atom stereocenters. The van der Waals surface area contributed by atoms with Gasteiger partial charge in [-0.1, -0.05) is 24.3 Å². The largest absolute Gasteiger partial charge is 0.495 e. The fourth-order valence-electron chi connectivity index (χ4n) is 3.57. The van der Waals surface area contributed by atoms with E-state index in [1.165, 1.54) is 7.11 Å². The molecule has 4 rings (SSSR count). The van der Waals surface area contributed by atoms with Crippen molar-refractivity contribution in [2.75, 3.05) is 7.11 Å². The molecule has 0 spiro atoms. The van der Waals surface area contributed by atoms with Crippen molar-refractivity contribution in [1.82, 2.24) is 9.78 Å². The molecule has 0 atom stereocenters. The molecule has 0 radical (unpaired) electrons. The molecule has 1 fully saturated rings. The van der Waals surface area contributed by atoms with Crippen LogP contribution in [0.2, 0.25) is 0 Å². The lowest BCUT2D eigenvalue weighted by Gasteiger charge is -2.32. The molecular formula is C23H27BN2O4. The van der Waals surface area contributed by atoms with E-state index in [0.717, 1.165) is 34.9 Å². The number of esters is 1. The number of rotatable bonds is 5. The molecule has 1 aliphatic rings. The number of ether oxygens (including phenoxy) is 1. The van der Waals surface area contributed by atoms with Gasteiger partial charge in [-0.2, -0.15) is 5.10 Å². The minimum absolute atomic E-state index is 0.324. The van der Waals surface area contributed by atoms with E-state index in [0.29, 0.717) is 5.56 Å². The van der Waals surface area contributed by atoms with Crippen molar-refractivity contribution in [3.8, 4) is 0 Å². The highest BCUT2D eigenvalue weighted by Gasteiger charge is 2.52. The summed E-state index contributed by atoms with van der Waals surface area (Å²) in [5.74, 6) is -0.324. The van der Waals surface area contributed by atoms with Crippen LogP contribution in [-0.4, -0.2) is 41.2 Å². The van der Waals surface area contributed by atoms with Crippen LogP contribution in [0.5, 0.6) is 0 Å². The summed E-state index contributed by atoms with van der Waals surface area (Å²) in [6.45, 7) is 8.96. The van der Waals surface area contributed by atoms with E-state index in [-0.39, 0.29) is 17.2 Å². The second-order valence-corrected chi connectivity index (χ2v) is 8.70. The normalized spacial score (nSPS) is 17.4. The lowest BCUT2D eigenvalue weighted by atomic mass is 9.77. The number of carbonyl (C=O) groups is 1. The molecule has 6 nitrogen and oxygen atoms in total. The van der Waals surface area contributed by atoms with Crippen LogP contribution in [0.1, 0.15) is 43.6 Å². The van der Waals surface area contributed by atoms with Gasteiger partial charge in [-0.05, 0) is 63.3 Å². The first-order valence-corrected chi connectivity index (χ1v) is 10.2. The highest BCUT2D eigenvalue weighted by molar-refractivity contribution is 6.65. The van der Waals surface area contributed by atoms with E-state index in [9.17, 15) is 4.79 Å². The highest BCUT2D eigenvalue weighted by Crippen LogP contribution is 2.37. The van der Waals surface area contributed by atoms with Gasteiger partial charge in [-0.25, -0.2) is 4.79 Å². The molecule has 3 aromatic rings. The van der Waals surface area contributed by atoms with Gasteiger partial charge in [0.2, 0.25) is 0 Å². The summed E-state index contributed by atoms with van der Waals surface area (Å²) in [5, 5.41) is 5.76. The molecule has 2 aromatic carbocycles. The smallest absolute Gasteiger partial charge is 0.465 e. The Kier molecular flexibility index (Phi) is 5.20. The topological polar surface area (TPSA) is 62.6 Å². The van der Waals surface area contributed by atoms with E-state index in [1.807, 2.05) is 35.0 Å². The molecule has 2 heterocycles. The van der Waals surface area contributed by atoms with Crippen molar-refractivity contribution in [3.05, 3.63) is 59.8 Å². The van der Waals surface area contributed by atoms with E-state index in [1.54, 1.807) is 12.1 Å². The Balaban J connectivity index is 1.52. The number of aryl methyl sites for hydroxylation is 2. The Morgan fingerprint density at radius 1 is 1.07 bits per heavy atom. The number of carbonyl (C=O) groups excluding carboxylic acids is 1. The summed E-state index contributed by atoms with van der Waals surface area (Å²) >= 11 is 0. The van der Waals surface area contributed by atoms with Crippen LogP contribution in [0.3, 0.4) is 0 Å². The van der Waals surface area contributed by atoms with Crippen molar-refractivity contribution in [2.45, 2.75) is 51.9 Å². The molecule has 156 valence electrons. The predicted octanol–water partition coefficient (Wildman–Crippen LogP) is 3.36. The average molecular weight is 406 g/mol. The maximum Gasteiger partial charge on any atom is 0.495 e. The first kappa shape index (κ1) is 20.6. The van der Waals surface area contributed by atoms with Crippen LogP contribution in [0.4, 0.5) is 0 Å². The van der Waals surface area contributed by atoms with Crippen molar-refractivity contribution >= 4 is 29.5 Å². The van der Waals surface area contributed by atoms with Crippen LogP contribution >= 0.6 is 0 Å². The first-order chi connectivity index (χ1) is 14.2. The van der Waals surface area contributed by atoms with Crippen LogP contribution in [0.15, 0.2) is 48.7 Å². The molecule has 0 bridgehead atoms. The second-order valence-electron chi connectivity index (χ2n) is 8.70. The molecule has 30 heavy (non-hydrogen) atoms. The summed E-state index contributed by atoms with van der Waals surface area (Å²) < 4.78 is 19.2. The van der Waals surface area contributed by atoms with Gasteiger partial charge in [0.25, 0.3) is 0 Å². The number of methoxy groups -OCH3 is 1. The monoisotopic (exact) mass is 406 g/mol. The summed E-state index contributed by atoms with van der Waals surface area (Å²) in [6, 6.07) is 13.5. The van der Waals surface area contributed by atoms with E-state index >= 15 is 0 Å². The summed E-state index contributed by atoms with van der Waals surface area (Å²) in [4.78, 5) is 11.6. The van der Waals surface area contributed by atoms with Gasteiger partial charge in [-0.3, -0.25) is 4.68 Å². The van der Waals surface area contributed by atoms with Gasteiger partial charge in [0.05, 0.1) is 29.4 Å². The third-order valence-corrected chi connectivity index (χ3v) is 6.14. The second kappa shape index (κ2) is 7.56. The molecule has 0 amide bonds. The number of benzene rings is 2. The highest BCUT2D eigenvalue weighted by atomic mass is 16.7. The predicted molar refractivity (Wildman–Crippen MR) is 117 cm³/mol. The third-order valence-electron chi connectivity index (χ3n) is 6.14. The lowest BCUT2D eigenvalue weighted by Crippen LogP contribution is -2.41. The summed E-state index contributed by atoms with van der Waals surface area (Å²) in [5.41, 5.74) is 2.84. The summed E-state index contributed by atoms with van der Waals surface area (Å²) in [6.07, 6.45) is 2.86. The van der Waals surface area contributed by atoms with Gasteiger partial charge in [0.15, 0.2) is 0 Å². The van der Waals surface area contributed by atoms with Crippen LogP contribution in [0.25, 0.3) is 10.9 Å². The number of fused-ring (bicyclic) bond motifs is 1. The van der Waals surface area contributed by atoms with Crippen molar-refractivity contribution in [3.63, 3.8) is 0 Å². The molecule has 7 heteroatoms. The first-order valence-electron chi connectivity index (χ1n) is 10.2. The number of hydrogen-bond donors (Lipinski definition) is 0. The molecule has 0 N–H and O–H groups in total. The fourth-order valence-corrected chi connectivity index (χ4v) is 3.57. The van der Waals surface area contributed by atoms with Gasteiger partial charge < -0.3 is 14.0 Å². The Bertz CT molecular complexity index is 1060.